The van der Waals surface area contributed by atoms with Gasteiger partial charge in [-0.3, -0.25) is 4.68 Å². The topological polar surface area (TPSA) is 39.9 Å². The molecule has 1 heterocycles. The fourth-order valence-corrected chi connectivity index (χ4v) is 1.67. The van der Waals surface area contributed by atoms with Gasteiger partial charge in [-0.15, -0.1) is 11.6 Å². The molecule has 0 aromatic carbocycles. The molecular weight excluding hydrogens is 214 g/mol. The van der Waals surface area contributed by atoms with Crippen LogP contribution in [0.5, 0.6) is 0 Å². The third-order valence-electron chi connectivity index (χ3n) is 2.16. The van der Waals surface area contributed by atoms with Crippen molar-refractivity contribution in [3.8, 4) is 0 Å². The minimum absolute atomic E-state index is 0.0572. The molecule has 1 aromatic heterocycles. The summed E-state index contributed by atoms with van der Waals surface area (Å²) in [5, 5.41) is 4.22. The lowest BCUT2D eigenvalue weighted by molar-refractivity contribution is 0.195. The van der Waals surface area contributed by atoms with Crippen LogP contribution in [-0.4, -0.2) is 33.9 Å². The quantitative estimate of drug-likeness (QED) is 0.673. The van der Waals surface area contributed by atoms with Gasteiger partial charge in [0, 0.05) is 20.1 Å². The zero-order valence-electron chi connectivity index (χ0n) is 9.32. The van der Waals surface area contributed by atoms with Gasteiger partial charge in [-0.2, -0.15) is 5.10 Å². The molecule has 1 aromatic rings. The molecule has 5 heteroatoms. The summed E-state index contributed by atoms with van der Waals surface area (Å²) < 4.78 is 6.92. The van der Waals surface area contributed by atoms with Gasteiger partial charge in [-0.1, -0.05) is 6.92 Å². The van der Waals surface area contributed by atoms with Crippen molar-refractivity contribution in [2.24, 2.45) is 0 Å². The monoisotopic (exact) mass is 231 g/mol. The van der Waals surface area contributed by atoms with Crippen molar-refractivity contribution in [3.63, 3.8) is 0 Å². The molecule has 0 aliphatic carbocycles. The standard InChI is InChI=1S/C10H18ClN3O/c1-3-6-14-10(12-8-13-14)5-4-9(11)7-15-2/h8-9H,3-7H2,1-2H3. The highest BCUT2D eigenvalue weighted by atomic mass is 35.5. The van der Waals surface area contributed by atoms with Gasteiger partial charge in [-0.25, -0.2) is 4.98 Å². The van der Waals surface area contributed by atoms with E-state index in [1.54, 1.807) is 13.4 Å². The molecule has 0 spiro atoms. The van der Waals surface area contributed by atoms with E-state index in [1.807, 2.05) is 4.68 Å². The second-order valence-electron chi connectivity index (χ2n) is 3.49. The van der Waals surface area contributed by atoms with Crippen LogP contribution in [0.4, 0.5) is 0 Å². The Morgan fingerprint density at radius 2 is 2.40 bits per heavy atom. The average molecular weight is 232 g/mol. The van der Waals surface area contributed by atoms with Crippen LogP contribution < -0.4 is 0 Å². The maximum atomic E-state index is 6.04. The lowest BCUT2D eigenvalue weighted by Gasteiger charge is -2.08. The molecule has 15 heavy (non-hydrogen) atoms. The first kappa shape index (κ1) is 12.5. The highest BCUT2D eigenvalue weighted by Crippen LogP contribution is 2.08. The Hall–Kier alpha value is -0.610. The summed E-state index contributed by atoms with van der Waals surface area (Å²) >= 11 is 6.04. The average Bonchev–Trinajstić information content (AvgIpc) is 2.64. The Labute approximate surface area is 95.6 Å². The van der Waals surface area contributed by atoms with Crippen LogP contribution in [0, 0.1) is 0 Å². The number of aryl methyl sites for hydroxylation is 2. The number of nitrogens with zero attached hydrogens (tertiary/aromatic N) is 3. The minimum atomic E-state index is 0.0572. The highest BCUT2D eigenvalue weighted by molar-refractivity contribution is 6.20. The first-order chi connectivity index (χ1) is 7.27. The van der Waals surface area contributed by atoms with Crippen LogP contribution in [0.2, 0.25) is 0 Å². The minimum Gasteiger partial charge on any atom is -0.383 e. The van der Waals surface area contributed by atoms with E-state index in [4.69, 9.17) is 16.3 Å². The predicted octanol–water partition coefficient (Wildman–Crippen LogP) is 1.87. The molecule has 0 aliphatic rings. The van der Waals surface area contributed by atoms with E-state index in [2.05, 4.69) is 17.0 Å². The maximum Gasteiger partial charge on any atom is 0.138 e. The van der Waals surface area contributed by atoms with Crippen molar-refractivity contribution in [1.82, 2.24) is 14.8 Å². The van der Waals surface area contributed by atoms with Crippen molar-refractivity contribution >= 4 is 11.6 Å². The second kappa shape index (κ2) is 6.80. The first-order valence-corrected chi connectivity index (χ1v) is 5.71. The van der Waals surface area contributed by atoms with Crippen molar-refractivity contribution < 1.29 is 4.74 Å². The van der Waals surface area contributed by atoms with Gasteiger partial charge in [0.15, 0.2) is 0 Å². The Bertz CT molecular complexity index is 277. The van der Waals surface area contributed by atoms with Gasteiger partial charge in [-0.05, 0) is 12.8 Å². The second-order valence-corrected chi connectivity index (χ2v) is 4.11. The van der Waals surface area contributed by atoms with Gasteiger partial charge in [0.05, 0.1) is 12.0 Å². The Morgan fingerprint density at radius 1 is 1.60 bits per heavy atom. The lowest BCUT2D eigenvalue weighted by atomic mass is 10.2. The zero-order valence-corrected chi connectivity index (χ0v) is 10.1. The van der Waals surface area contributed by atoms with Gasteiger partial charge in [0.2, 0.25) is 0 Å². The summed E-state index contributed by atoms with van der Waals surface area (Å²) in [6, 6.07) is 0. The SMILES string of the molecule is CCCn1ncnc1CCC(Cl)COC. The van der Waals surface area contributed by atoms with Crippen LogP contribution in [-0.2, 0) is 17.7 Å². The van der Waals surface area contributed by atoms with Gasteiger partial charge < -0.3 is 4.74 Å². The third kappa shape index (κ3) is 4.18. The Kier molecular flexibility index (Phi) is 5.65. The van der Waals surface area contributed by atoms with E-state index >= 15 is 0 Å². The molecule has 1 unspecified atom stereocenters. The third-order valence-corrected chi connectivity index (χ3v) is 2.50. The van der Waals surface area contributed by atoms with Crippen molar-refractivity contribution in [2.45, 2.75) is 38.1 Å². The van der Waals surface area contributed by atoms with Crippen LogP contribution in [0.1, 0.15) is 25.6 Å². The number of alkyl halides is 1. The highest BCUT2D eigenvalue weighted by Gasteiger charge is 2.08. The van der Waals surface area contributed by atoms with Crippen molar-refractivity contribution in [1.29, 1.82) is 0 Å². The van der Waals surface area contributed by atoms with Crippen LogP contribution in [0.25, 0.3) is 0 Å². The molecule has 4 nitrogen and oxygen atoms in total. The molecule has 1 rings (SSSR count). The van der Waals surface area contributed by atoms with Gasteiger partial charge >= 0.3 is 0 Å². The van der Waals surface area contributed by atoms with E-state index in [0.29, 0.717) is 6.61 Å². The fraction of sp³-hybridized carbons (Fsp3) is 0.800. The molecule has 0 bridgehead atoms. The van der Waals surface area contributed by atoms with E-state index in [-0.39, 0.29) is 5.38 Å². The fourth-order valence-electron chi connectivity index (χ4n) is 1.43. The lowest BCUT2D eigenvalue weighted by Crippen LogP contribution is -2.11. The molecule has 0 amide bonds. The molecule has 1 atom stereocenters. The summed E-state index contributed by atoms with van der Waals surface area (Å²) in [6.45, 7) is 3.64. The summed E-state index contributed by atoms with van der Waals surface area (Å²) in [7, 11) is 1.66. The smallest absolute Gasteiger partial charge is 0.138 e. The molecule has 0 saturated heterocycles. The number of ether oxygens (including phenoxy) is 1. The molecule has 86 valence electrons. The maximum absolute atomic E-state index is 6.04. The van der Waals surface area contributed by atoms with E-state index in [0.717, 1.165) is 31.6 Å². The van der Waals surface area contributed by atoms with Crippen molar-refractivity contribution in [3.05, 3.63) is 12.2 Å². The number of halogens is 1. The summed E-state index contributed by atoms with van der Waals surface area (Å²) in [6.07, 6.45) is 4.40. The van der Waals surface area contributed by atoms with Crippen LogP contribution in [0.15, 0.2) is 6.33 Å². The van der Waals surface area contributed by atoms with E-state index < -0.39 is 0 Å². The summed E-state index contributed by atoms with van der Waals surface area (Å²) in [5.74, 6) is 1.01. The molecule has 0 fully saturated rings. The number of rotatable bonds is 7. The summed E-state index contributed by atoms with van der Waals surface area (Å²) in [5.41, 5.74) is 0. The number of hydrogen-bond donors (Lipinski definition) is 0. The zero-order chi connectivity index (χ0) is 11.1. The molecule has 0 radical (unpaired) electrons. The van der Waals surface area contributed by atoms with Crippen LogP contribution in [0.3, 0.4) is 0 Å². The number of methoxy groups -OCH3 is 1. The van der Waals surface area contributed by atoms with E-state index in [9.17, 15) is 0 Å². The Balaban J connectivity index is 2.39. The van der Waals surface area contributed by atoms with Crippen LogP contribution >= 0.6 is 11.6 Å². The molecule has 0 N–H and O–H groups in total. The molecule has 0 aliphatic heterocycles. The normalized spacial score (nSPS) is 13.0. The van der Waals surface area contributed by atoms with Gasteiger partial charge in [0.25, 0.3) is 0 Å². The van der Waals surface area contributed by atoms with Crippen molar-refractivity contribution in [2.75, 3.05) is 13.7 Å². The molecule has 0 saturated carbocycles. The first-order valence-electron chi connectivity index (χ1n) is 5.27. The number of hydrogen-bond acceptors (Lipinski definition) is 3. The largest absolute Gasteiger partial charge is 0.383 e. The summed E-state index contributed by atoms with van der Waals surface area (Å²) in [4.78, 5) is 4.22. The van der Waals surface area contributed by atoms with E-state index in [1.165, 1.54) is 0 Å². The number of aromatic nitrogens is 3. The Morgan fingerprint density at radius 3 is 3.07 bits per heavy atom. The van der Waals surface area contributed by atoms with Gasteiger partial charge in [0.1, 0.15) is 12.2 Å². The predicted molar refractivity (Wildman–Crippen MR) is 60.2 cm³/mol. The molecular formula is C10H18ClN3O.